The second kappa shape index (κ2) is 7.16. The van der Waals surface area contributed by atoms with Crippen molar-refractivity contribution in [1.29, 1.82) is 0 Å². The van der Waals surface area contributed by atoms with E-state index in [1.54, 1.807) is 12.1 Å². The topological polar surface area (TPSA) is 32.3 Å². The highest BCUT2D eigenvalue weighted by atomic mass is 35.5. The Bertz CT molecular complexity index is 848. The largest absolute Gasteiger partial charge is 0.371 e. The van der Waals surface area contributed by atoms with Crippen molar-refractivity contribution in [2.75, 3.05) is 24.5 Å². The molecular weight excluding hydrogens is 363 g/mol. The smallest absolute Gasteiger partial charge is 0.230 e. The molecule has 27 heavy (non-hydrogen) atoms. The molecule has 1 saturated carbocycles. The number of aryl methyl sites for hydroxylation is 1. The summed E-state index contributed by atoms with van der Waals surface area (Å²) in [6.45, 7) is 4.67. The van der Waals surface area contributed by atoms with Crippen LogP contribution in [0.15, 0.2) is 42.5 Å². The summed E-state index contributed by atoms with van der Waals surface area (Å²) >= 11 is 6.15. The van der Waals surface area contributed by atoms with Crippen LogP contribution in [0.1, 0.15) is 30.4 Å². The van der Waals surface area contributed by atoms with Gasteiger partial charge in [-0.3, -0.25) is 4.79 Å². The zero-order chi connectivity index (χ0) is 19.0. The molecule has 2 aromatic carbocycles. The summed E-state index contributed by atoms with van der Waals surface area (Å²) in [5.74, 6) is 0.236. The van der Waals surface area contributed by atoms with Crippen molar-refractivity contribution >= 4 is 23.2 Å². The molecule has 142 valence electrons. The predicted molar refractivity (Wildman–Crippen MR) is 107 cm³/mol. The maximum Gasteiger partial charge on any atom is 0.230 e. The Morgan fingerprint density at radius 2 is 2.00 bits per heavy atom. The van der Waals surface area contributed by atoms with Crippen LogP contribution in [-0.4, -0.2) is 25.5 Å². The summed E-state index contributed by atoms with van der Waals surface area (Å²) < 4.78 is 13.2. The third-order valence-corrected chi connectivity index (χ3v) is 6.17. The molecule has 1 aliphatic carbocycles. The van der Waals surface area contributed by atoms with Crippen LogP contribution >= 0.6 is 11.6 Å². The number of amides is 1. The van der Waals surface area contributed by atoms with Gasteiger partial charge in [-0.2, -0.15) is 0 Å². The number of hydrogen-bond donors (Lipinski definition) is 1. The van der Waals surface area contributed by atoms with E-state index in [4.69, 9.17) is 11.6 Å². The molecule has 0 spiro atoms. The summed E-state index contributed by atoms with van der Waals surface area (Å²) in [5, 5.41) is 3.91. The highest BCUT2D eigenvalue weighted by Gasteiger charge is 2.51. The number of hydrogen-bond acceptors (Lipinski definition) is 2. The third-order valence-electron chi connectivity index (χ3n) is 5.93. The summed E-state index contributed by atoms with van der Waals surface area (Å²) in [6.07, 6.45) is 2.72. The number of anilines is 1. The molecule has 1 heterocycles. The average Bonchev–Trinajstić information content (AvgIpc) is 3.34. The Hall–Kier alpha value is -2.07. The fourth-order valence-electron chi connectivity index (χ4n) is 4.09. The maximum atomic E-state index is 13.2. The maximum absolute atomic E-state index is 13.2. The number of halogens is 2. The van der Waals surface area contributed by atoms with Gasteiger partial charge in [0.25, 0.3) is 0 Å². The SMILES string of the molecule is Cc1ccc(Cl)cc1N1CCC(CNC(=O)C2(c3ccc(F)cc3)CC2)C1. The van der Waals surface area contributed by atoms with Crippen LogP contribution in [0, 0.1) is 18.7 Å². The molecule has 4 rings (SSSR count). The van der Waals surface area contributed by atoms with Crippen molar-refractivity contribution in [3.8, 4) is 0 Å². The number of carbonyl (C=O) groups is 1. The number of nitrogens with zero attached hydrogens (tertiary/aromatic N) is 1. The number of carbonyl (C=O) groups excluding carboxylic acids is 1. The van der Waals surface area contributed by atoms with Crippen LogP contribution < -0.4 is 10.2 Å². The molecule has 0 aromatic heterocycles. The lowest BCUT2D eigenvalue weighted by atomic mass is 9.94. The minimum atomic E-state index is -0.449. The lowest BCUT2D eigenvalue weighted by Crippen LogP contribution is -2.38. The van der Waals surface area contributed by atoms with Crippen molar-refractivity contribution in [2.45, 2.75) is 31.6 Å². The zero-order valence-electron chi connectivity index (χ0n) is 15.5. The van der Waals surface area contributed by atoms with Crippen molar-refractivity contribution in [2.24, 2.45) is 5.92 Å². The van der Waals surface area contributed by atoms with Gasteiger partial charge in [0.15, 0.2) is 0 Å². The van der Waals surface area contributed by atoms with Gasteiger partial charge in [0.05, 0.1) is 5.41 Å². The lowest BCUT2D eigenvalue weighted by molar-refractivity contribution is -0.123. The van der Waals surface area contributed by atoms with Gasteiger partial charge >= 0.3 is 0 Å². The second-order valence-electron chi connectivity index (χ2n) is 7.83. The Kier molecular flexibility index (Phi) is 4.85. The molecule has 2 aliphatic rings. The minimum Gasteiger partial charge on any atom is -0.371 e. The highest BCUT2D eigenvalue weighted by Crippen LogP contribution is 2.48. The van der Waals surface area contributed by atoms with Gasteiger partial charge in [-0.05, 0) is 67.5 Å². The molecule has 1 amide bonds. The monoisotopic (exact) mass is 386 g/mol. The van der Waals surface area contributed by atoms with Crippen LogP contribution in [0.2, 0.25) is 5.02 Å². The third kappa shape index (κ3) is 3.68. The predicted octanol–water partition coefficient (Wildman–Crippen LogP) is 4.46. The summed E-state index contributed by atoms with van der Waals surface area (Å²) in [5.41, 5.74) is 2.87. The molecule has 1 aliphatic heterocycles. The fourth-order valence-corrected chi connectivity index (χ4v) is 4.25. The van der Waals surface area contributed by atoms with E-state index in [-0.39, 0.29) is 11.7 Å². The van der Waals surface area contributed by atoms with Crippen LogP contribution in [0.4, 0.5) is 10.1 Å². The van der Waals surface area contributed by atoms with Crippen molar-refractivity contribution in [3.63, 3.8) is 0 Å². The molecule has 0 bridgehead atoms. The van der Waals surface area contributed by atoms with E-state index in [0.717, 1.165) is 42.9 Å². The molecule has 5 heteroatoms. The molecule has 1 N–H and O–H groups in total. The Morgan fingerprint density at radius 3 is 2.70 bits per heavy atom. The van der Waals surface area contributed by atoms with Crippen LogP contribution in [-0.2, 0) is 10.2 Å². The molecule has 2 aromatic rings. The van der Waals surface area contributed by atoms with E-state index >= 15 is 0 Å². The van der Waals surface area contributed by atoms with Crippen LogP contribution in [0.3, 0.4) is 0 Å². The van der Waals surface area contributed by atoms with E-state index in [1.165, 1.54) is 23.4 Å². The number of nitrogens with one attached hydrogen (secondary N) is 1. The van der Waals surface area contributed by atoms with E-state index < -0.39 is 5.41 Å². The van der Waals surface area contributed by atoms with Crippen molar-refractivity contribution in [1.82, 2.24) is 5.32 Å². The fraction of sp³-hybridized carbons (Fsp3) is 0.409. The quantitative estimate of drug-likeness (QED) is 0.822. The summed E-state index contributed by atoms with van der Waals surface area (Å²) in [4.78, 5) is 15.1. The van der Waals surface area contributed by atoms with Crippen LogP contribution in [0.25, 0.3) is 0 Å². The number of rotatable bonds is 5. The summed E-state index contributed by atoms with van der Waals surface area (Å²) in [6, 6.07) is 12.3. The van der Waals surface area contributed by atoms with E-state index in [2.05, 4.69) is 17.1 Å². The van der Waals surface area contributed by atoms with Gasteiger partial charge < -0.3 is 10.2 Å². The van der Waals surface area contributed by atoms with Gasteiger partial charge in [-0.25, -0.2) is 4.39 Å². The highest BCUT2D eigenvalue weighted by molar-refractivity contribution is 6.30. The minimum absolute atomic E-state index is 0.0755. The molecule has 1 saturated heterocycles. The first kappa shape index (κ1) is 18.3. The van der Waals surface area contributed by atoms with E-state index in [0.29, 0.717) is 12.5 Å². The van der Waals surface area contributed by atoms with E-state index in [1.807, 2.05) is 18.2 Å². The van der Waals surface area contributed by atoms with Gasteiger partial charge in [-0.15, -0.1) is 0 Å². The van der Waals surface area contributed by atoms with Crippen LogP contribution in [0.5, 0.6) is 0 Å². The summed E-state index contributed by atoms with van der Waals surface area (Å²) in [7, 11) is 0. The Balaban J connectivity index is 1.35. The molecule has 3 nitrogen and oxygen atoms in total. The van der Waals surface area contributed by atoms with Gasteiger partial charge in [-0.1, -0.05) is 29.8 Å². The first-order valence-corrected chi connectivity index (χ1v) is 9.91. The first-order chi connectivity index (χ1) is 13.0. The zero-order valence-corrected chi connectivity index (χ0v) is 16.2. The van der Waals surface area contributed by atoms with Gasteiger partial charge in [0.2, 0.25) is 5.91 Å². The lowest BCUT2D eigenvalue weighted by Gasteiger charge is -2.22. The molecule has 0 radical (unpaired) electrons. The normalized spacial score (nSPS) is 20.6. The molecule has 2 fully saturated rings. The van der Waals surface area contributed by atoms with Gasteiger partial charge in [0, 0.05) is 30.3 Å². The molecular formula is C22H24ClFN2O. The van der Waals surface area contributed by atoms with Crippen molar-refractivity contribution < 1.29 is 9.18 Å². The standard InChI is InChI=1S/C22H24ClFN2O/c1-15-2-5-18(23)12-20(15)26-11-8-16(14-26)13-25-21(27)22(9-10-22)17-3-6-19(24)7-4-17/h2-7,12,16H,8-11,13-14H2,1H3,(H,25,27). The van der Waals surface area contributed by atoms with E-state index in [9.17, 15) is 9.18 Å². The Morgan fingerprint density at radius 1 is 1.26 bits per heavy atom. The number of benzene rings is 2. The second-order valence-corrected chi connectivity index (χ2v) is 8.27. The Labute approximate surface area is 164 Å². The average molecular weight is 387 g/mol. The molecule has 1 unspecified atom stereocenters. The van der Waals surface area contributed by atoms with Crippen molar-refractivity contribution in [3.05, 3.63) is 64.4 Å². The van der Waals surface area contributed by atoms with Gasteiger partial charge in [0.1, 0.15) is 5.82 Å². The molecule has 1 atom stereocenters. The first-order valence-electron chi connectivity index (χ1n) is 9.53.